The van der Waals surface area contributed by atoms with Crippen molar-refractivity contribution in [2.75, 3.05) is 0 Å². The Morgan fingerprint density at radius 2 is 1.70 bits per heavy atom. The Morgan fingerprint density at radius 1 is 1.09 bits per heavy atom. The van der Waals surface area contributed by atoms with Crippen molar-refractivity contribution >= 4 is 22.7 Å². The zero-order valence-electron chi connectivity index (χ0n) is 16.1. The van der Waals surface area contributed by atoms with Gasteiger partial charge in [0.2, 0.25) is 8.32 Å². The van der Waals surface area contributed by atoms with Crippen LogP contribution in [0.2, 0.25) is 37.8 Å². The van der Waals surface area contributed by atoms with Gasteiger partial charge in [-0.1, -0.05) is 64.5 Å². The van der Waals surface area contributed by atoms with Gasteiger partial charge in [0, 0.05) is 14.5 Å². The molecule has 134 valence electrons. The predicted octanol–water partition coefficient (Wildman–Crippen LogP) is 5.96. The highest BCUT2D eigenvalue weighted by Gasteiger charge is 2.34. The molecular weight excluding hydrogens is 316 g/mol. The smallest absolute Gasteiger partial charge is 0.216 e. The van der Waals surface area contributed by atoms with Crippen molar-refractivity contribution in [3.8, 4) is 0 Å². The quantitative estimate of drug-likeness (QED) is 0.357. The zero-order chi connectivity index (χ0) is 17.3. The summed E-state index contributed by atoms with van der Waals surface area (Å²) >= 11 is 0. The number of allylic oxidation sites excluding steroid dienone is 1. The Morgan fingerprint density at radius 3 is 2.17 bits per heavy atom. The molecule has 0 aliphatic heterocycles. The van der Waals surface area contributed by atoms with Crippen LogP contribution in [0.25, 0.3) is 0 Å². The van der Waals surface area contributed by atoms with E-state index >= 15 is 0 Å². The molecular formula is C19H38O2Si2. The fraction of sp³-hybridized carbons (Fsp3) is 0.842. The van der Waals surface area contributed by atoms with E-state index in [1.165, 1.54) is 38.1 Å². The minimum atomic E-state index is -1.84. The third-order valence-electron chi connectivity index (χ3n) is 5.24. The number of carbonyl (C=O) groups is 1. The van der Waals surface area contributed by atoms with Crippen molar-refractivity contribution in [2.45, 2.75) is 96.2 Å². The van der Waals surface area contributed by atoms with Crippen molar-refractivity contribution in [3.63, 3.8) is 0 Å². The first-order valence-corrected chi connectivity index (χ1v) is 15.8. The molecule has 0 heterocycles. The molecule has 0 amide bonds. The fourth-order valence-electron chi connectivity index (χ4n) is 3.56. The molecule has 2 nitrogen and oxygen atoms in total. The first-order valence-electron chi connectivity index (χ1n) is 9.65. The molecule has 0 aromatic heterocycles. The molecule has 4 heteroatoms. The average Bonchev–Trinajstić information content (AvgIpc) is 2.53. The van der Waals surface area contributed by atoms with E-state index in [1.54, 1.807) is 0 Å². The number of aldehydes is 1. The topological polar surface area (TPSA) is 26.3 Å². The molecule has 1 aliphatic rings. The maximum atomic E-state index is 11.2. The minimum Gasteiger partial charge on any atom is -0.409 e. The van der Waals surface area contributed by atoms with Crippen LogP contribution in [0.4, 0.5) is 0 Å². The van der Waals surface area contributed by atoms with Crippen molar-refractivity contribution in [1.29, 1.82) is 0 Å². The SMILES string of the molecule is CC[Si](/C=C/C[Si](C)(C)C)(CC)OC(CC=O)C1CCCCC1. The van der Waals surface area contributed by atoms with Crippen molar-refractivity contribution in [3.05, 3.63) is 11.8 Å². The summed E-state index contributed by atoms with van der Waals surface area (Å²) in [6.45, 7) is 11.8. The summed E-state index contributed by atoms with van der Waals surface area (Å²) in [4.78, 5) is 11.2. The van der Waals surface area contributed by atoms with E-state index < -0.39 is 16.4 Å². The molecule has 0 radical (unpaired) electrons. The summed E-state index contributed by atoms with van der Waals surface area (Å²) in [5.74, 6) is 0.601. The second-order valence-corrected chi connectivity index (χ2v) is 18.0. The molecule has 0 spiro atoms. The van der Waals surface area contributed by atoms with Gasteiger partial charge >= 0.3 is 0 Å². The second kappa shape index (κ2) is 9.95. The van der Waals surface area contributed by atoms with Crippen LogP contribution in [0.3, 0.4) is 0 Å². The summed E-state index contributed by atoms with van der Waals surface area (Å²) in [6, 6.07) is 3.47. The molecule has 1 rings (SSSR count). The van der Waals surface area contributed by atoms with Gasteiger partial charge in [0.25, 0.3) is 0 Å². The van der Waals surface area contributed by atoms with Gasteiger partial charge < -0.3 is 9.22 Å². The van der Waals surface area contributed by atoms with Gasteiger partial charge in [0.15, 0.2) is 0 Å². The van der Waals surface area contributed by atoms with Gasteiger partial charge in [-0.2, -0.15) is 0 Å². The lowest BCUT2D eigenvalue weighted by molar-refractivity contribution is -0.110. The highest BCUT2D eigenvalue weighted by Crippen LogP contribution is 2.33. The number of hydrogen-bond donors (Lipinski definition) is 0. The molecule has 0 aromatic carbocycles. The Hall–Kier alpha value is -0.196. The molecule has 0 N–H and O–H groups in total. The fourth-order valence-corrected chi connectivity index (χ4v) is 7.44. The first-order chi connectivity index (χ1) is 10.9. The van der Waals surface area contributed by atoms with Crippen molar-refractivity contribution in [2.24, 2.45) is 5.92 Å². The molecule has 0 saturated heterocycles. The van der Waals surface area contributed by atoms with E-state index in [-0.39, 0.29) is 6.10 Å². The normalized spacial score (nSPS) is 19.2. The number of hydrogen-bond acceptors (Lipinski definition) is 2. The van der Waals surface area contributed by atoms with Gasteiger partial charge in [-0.05, 0) is 36.9 Å². The van der Waals surface area contributed by atoms with Crippen LogP contribution < -0.4 is 0 Å². The highest BCUT2D eigenvalue weighted by molar-refractivity contribution is 6.79. The van der Waals surface area contributed by atoms with Crippen LogP contribution in [-0.2, 0) is 9.22 Å². The number of carbonyl (C=O) groups excluding carboxylic acids is 1. The van der Waals surface area contributed by atoms with Crippen molar-refractivity contribution < 1.29 is 9.22 Å². The third-order valence-corrected chi connectivity index (χ3v) is 10.7. The molecule has 1 fully saturated rings. The van der Waals surface area contributed by atoms with Crippen LogP contribution in [0.15, 0.2) is 11.8 Å². The van der Waals surface area contributed by atoms with E-state index in [9.17, 15) is 4.79 Å². The molecule has 1 aliphatic carbocycles. The van der Waals surface area contributed by atoms with E-state index in [1.807, 2.05) is 0 Å². The number of rotatable bonds is 10. The van der Waals surface area contributed by atoms with Gasteiger partial charge in [-0.3, -0.25) is 0 Å². The molecule has 1 unspecified atom stereocenters. The minimum absolute atomic E-state index is 0.163. The van der Waals surface area contributed by atoms with Crippen LogP contribution in [0.5, 0.6) is 0 Å². The monoisotopic (exact) mass is 354 g/mol. The Labute approximate surface area is 146 Å². The Balaban J connectivity index is 2.81. The Kier molecular flexibility index (Phi) is 9.01. The summed E-state index contributed by atoms with van der Waals surface area (Å²) < 4.78 is 6.77. The zero-order valence-corrected chi connectivity index (χ0v) is 18.1. The van der Waals surface area contributed by atoms with Gasteiger partial charge in [0.05, 0.1) is 6.10 Å². The first kappa shape index (κ1) is 20.8. The second-order valence-electron chi connectivity index (χ2n) is 8.40. The van der Waals surface area contributed by atoms with Gasteiger partial charge in [-0.25, -0.2) is 0 Å². The molecule has 0 aromatic rings. The third kappa shape index (κ3) is 7.48. The highest BCUT2D eigenvalue weighted by atomic mass is 28.4. The largest absolute Gasteiger partial charge is 0.409 e. The molecule has 1 atom stereocenters. The average molecular weight is 355 g/mol. The lowest BCUT2D eigenvalue weighted by atomic mass is 9.84. The van der Waals surface area contributed by atoms with E-state index in [0.717, 1.165) is 18.4 Å². The lowest BCUT2D eigenvalue weighted by Crippen LogP contribution is -2.42. The van der Waals surface area contributed by atoms with E-state index in [4.69, 9.17) is 4.43 Å². The van der Waals surface area contributed by atoms with E-state index in [2.05, 4.69) is 45.3 Å². The molecule has 1 saturated carbocycles. The summed E-state index contributed by atoms with van der Waals surface area (Å²) in [7, 11) is -2.89. The van der Waals surface area contributed by atoms with E-state index in [0.29, 0.717) is 12.3 Å². The maximum Gasteiger partial charge on any atom is 0.216 e. The van der Waals surface area contributed by atoms with Crippen molar-refractivity contribution in [1.82, 2.24) is 0 Å². The summed E-state index contributed by atoms with van der Waals surface area (Å²) in [5, 5.41) is 0. The summed E-state index contributed by atoms with van der Waals surface area (Å²) in [5.41, 5.74) is 2.45. The van der Waals surface area contributed by atoms with Gasteiger partial charge in [0.1, 0.15) is 6.29 Å². The van der Waals surface area contributed by atoms with Crippen LogP contribution in [0, 0.1) is 5.92 Å². The lowest BCUT2D eigenvalue weighted by Gasteiger charge is -2.37. The van der Waals surface area contributed by atoms with Crippen LogP contribution >= 0.6 is 0 Å². The maximum absolute atomic E-state index is 11.2. The standard InChI is InChI=1S/C19H38O2Si2/c1-6-23(7-2,17-11-16-22(3,4)5)21-19(14-15-20)18-12-9-8-10-13-18/h11,15,17-19H,6-10,12-14,16H2,1-5H3/b17-11+. The van der Waals surface area contributed by atoms with Crippen LogP contribution in [-0.4, -0.2) is 28.8 Å². The van der Waals surface area contributed by atoms with Crippen LogP contribution in [0.1, 0.15) is 52.4 Å². The molecule has 0 bridgehead atoms. The van der Waals surface area contributed by atoms with Gasteiger partial charge in [-0.15, -0.1) is 0 Å². The molecule has 23 heavy (non-hydrogen) atoms. The predicted molar refractivity (Wildman–Crippen MR) is 106 cm³/mol. The Bertz CT molecular complexity index is 364. The summed E-state index contributed by atoms with van der Waals surface area (Å²) in [6.07, 6.45) is 10.7.